The molecule has 2 atom stereocenters. The van der Waals surface area contributed by atoms with E-state index in [2.05, 4.69) is 84.9 Å². The van der Waals surface area contributed by atoms with E-state index in [1.54, 1.807) is 0 Å². The molecule has 0 saturated heterocycles. The van der Waals surface area contributed by atoms with Crippen molar-refractivity contribution < 1.29 is 5.11 Å². The minimum atomic E-state index is -0.752. The van der Waals surface area contributed by atoms with Crippen molar-refractivity contribution in [1.29, 1.82) is 0 Å². The fraction of sp³-hybridized carbons (Fsp3) is 0.280. The Labute approximate surface area is 156 Å². The molecule has 3 aromatic rings. The molecule has 0 radical (unpaired) electrons. The van der Waals surface area contributed by atoms with Gasteiger partial charge in [0.15, 0.2) is 0 Å². The van der Waals surface area contributed by atoms with Gasteiger partial charge in [0.2, 0.25) is 0 Å². The molecule has 1 heteroatoms. The van der Waals surface area contributed by atoms with Crippen molar-refractivity contribution >= 4 is 0 Å². The van der Waals surface area contributed by atoms with Gasteiger partial charge in [0.1, 0.15) is 0 Å². The number of hydrogen-bond donors (Lipinski definition) is 1. The van der Waals surface area contributed by atoms with Crippen LogP contribution in [-0.2, 0) is 11.0 Å². The first-order chi connectivity index (χ1) is 12.6. The molecule has 0 aliphatic heterocycles. The minimum absolute atomic E-state index is 0.0668. The molecule has 3 aromatic carbocycles. The fourth-order valence-corrected chi connectivity index (χ4v) is 4.22. The van der Waals surface area contributed by atoms with E-state index in [9.17, 15) is 5.11 Å². The van der Waals surface area contributed by atoms with E-state index in [0.717, 1.165) is 12.0 Å². The SMILES string of the molecule is CCC(C)(O)c1ccc(C2CC2(c2ccccc2)c2ccccc2)cc1. The van der Waals surface area contributed by atoms with Gasteiger partial charge in [-0.1, -0.05) is 91.9 Å². The average Bonchev–Trinajstić information content (AvgIpc) is 3.46. The van der Waals surface area contributed by atoms with Crippen LogP contribution in [0.3, 0.4) is 0 Å². The number of aliphatic hydroxyl groups is 1. The molecule has 0 heterocycles. The second kappa shape index (κ2) is 6.41. The molecule has 0 spiro atoms. The van der Waals surface area contributed by atoms with Crippen LogP contribution in [0.25, 0.3) is 0 Å². The first kappa shape index (κ1) is 17.1. The van der Waals surface area contributed by atoms with Crippen molar-refractivity contribution in [2.24, 2.45) is 0 Å². The molecule has 0 amide bonds. The first-order valence-electron chi connectivity index (χ1n) is 9.52. The van der Waals surface area contributed by atoms with Crippen LogP contribution < -0.4 is 0 Å². The quantitative estimate of drug-likeness (QED) is 0.623. The fourth-order valence-electron chi connectivity index (χ4n) is 4.22. The molecule has 4 rings (SSSR count). The second-order valence-corrected chi connectivity index (χ2v) is 7.71. The summed E-state index contributed by atoms with van der Waals surface area (Å²) >= 11 is 0. The van der Waals surface area contributed by atoms with Gasteiger partial charge in [-0.25, -0.2) is 0 Å². The Morgan fingerprint density at radius 2 is 1.35 bits per heavy atom. The molecule has 1 aliphatic rings. The van der Waals surface area contributed by atoms with Gasteiger partial charge < -0.3 is 5.11 Å². The highest BCUT2D eigenvalue weighted by molar-refractivity contribution is 5.53. The van der Waals surface area contributed by atoms with Gasteiger partial charge in [-0.15, -0.1) is 0 Å². The minimum Gasteiger partial charge on any atom is -0.385 e. The molecule has 1 nitrogen and oxygen atoms in total. The van der Waals surface area contributed by atoms with Crippen LogP contribution in [0.15, 0.2) is 84.9 Å². The number of rotatable bonds is 5. The molecular weight excluding hydrogens is 316 g/mol. The van der Waals surface area contributed by atoms with E-state index in [1.165, 1.54) is 16.7 Å². The molecule has 0 bridgehead atoms. The summed E-state index contributed by atoms with van der Waals surface area (Å²) in [5.41, 5.74) is 4.44. The summed E-state index contributed by atoms with van der Waals surface area (Å²) in [5, 5.41) is 10.5. The zero-order chi connectivity index (χ0) is 18.2. The van der Waals surface area contributed by atoms with Crippen molar-refractivity contribution in [2.45, 2.75) is 43.6 Å². The molecule has 0 aromatic heterocycles. The zero-order valence-electron chi connectivity index (χ0n) is 15.5. The third-order valence-electron chi connectivity index (χ3n) is 6.16. The topological polar surface area (TPSA) is 20.2 Å². The van der Waals surface area contributed by atoms with Gasteiger partial charge in [-0.05, 0) is 47.9 Å². The lowest BCUT2D eigenvalue weighted by molar-refractivity contribution is 0.0531. The molecule has 1 N–H and O–H groups in total. The Morgan fingerprint density at radius 3 is 1.81 bits per heavy atom. The number of benzene rings is 3. The predicted molar refractivity (Wildman–Crippen MR) is 107 cm³/mol. The van der Waals surface area contributed by atoms with Crippen molar-refractivity contribution in [3.05, 3.63) is 107 Å². The Balaban J connectivity index is 1.72. The number of hydrogen-bond acceptors (Lipinski definition) is 1. The van der Waals surface area contributed by atoms with Crippen LogP contribution in [0.4, 0.5) is 0 Å². The average molecular weight is 342 g/mol. The van der Waals surface area contributed by atoms with Crippen LogP contribution in [0, 0.1) is 0 Å². The largest absolute Gasteiger partial charge is 0.385 e. The Morgan fingerprint density at radius 1 is 0.846 bits per heavy atom. The molecule has 26 heavy (non-hydrogen) atoms. The Hall–Kier alpha value is -2.38. The molecule has 1 saturated carbocycles. The van der Waals surface area contributed by atoms with E-state index >= 15 is 0 Å². The highest BCUT2D eigenvalue weighted by Crippen LogP contribution is 2.64. The van der Waals surface area contributed by atoms with E-state index in [-0.39, 0.29) is 5.41 Å². The zero-order valence-corrected chi connectivity index (χ0v) is 15.5. The molecule has 132 valence electrons. The van der Waals surface area contributed by atoms with Crippen molar-refractivity contribution in [3.8, 4) is 0 Å². The van der Waals surface area contributed by atoms with Crippen LogP contribution in [-0.4, -0.2) is 5.11 Å². The van der Waals surface area contributed by atoms with E-state index < -0.39 is 5.60 Å². The first-order valence-corrected chi connectivity index (χ1v) is 9.52. The summed E-state index contributed by atoms with van der Waals surface area (Å²) in [7, 11) is 0. The van der Waals surface area contributed by atoms with Crippen LogP contribution in [0.2, 0.25) is 0 Å². The summed E-state index contributed by atoms with van der Waals surface area (Å²) in [6, 6.07) is 30.3. The standard InChI is InChI=1S/C25H26O/c1-3-24(2,26)20-16-14-19(15-17-20)23-18-25(23,21-10-6-4-7-11-21)22-12-8-5-9-13-22/h4-17,23,26H,3,18H2,1-2H3. The lowest BCUT2D eigenvalue weighted by Gasteiger charge is -2.23. The highest BCUT2D eigenvalue weighted by atomic mass is 16.3. The van der Waals surface area contributed by atoms with Crippen LogP contribution >= 0.6 is 0 Å². The second-order valence-electron chi connectivity index (χ2n) is 7.71. The van der Waals surface area contributed by atoms with Gasteiger partial charge >= 0.3 is 0 Å². The molecular formula is C25H26O. The van der Waals surface area contributed by atoms with Gasteiger partial charge in [0.25, 0.3) is 0 Å². The van der Waals surface area contributed by atoms with Gasteiger partial charge in [-0.3, -0.25) is 0 Å². The van der Waals surface area contributed by atoms with Crippen LogP contribution in [0.5, 0.6) is 0 Å². The molecule has 2 unspecified atom stereocenters. The summed E-state index contributed by atoms with van der Waals surface area (Å²) in [6.45, 7) is 3.90. The predicted octanol–water partition coefficient (Wildman–Crippen LogP) is 5.78. The van der Waals surface area contributed by atoms with Crippen LogP contribution in [0.1, 0.15) is 54.9 Å². The summed E-state index contributed by atoms with van der Waals surface area (Å²) in [4.78, 5) is 0. The lowest BCUT2D eigenvalue weighted by Crippen LogP contribution is -2.19. The maximum absolute atomic E-state index is 10.5. The van der Waals surface area contributed by atoms with E-state index in [1.807, 2.05) is 13.8 Å². The third kappa shape index (κ3) is 2.77. The normalized spacial score (nSPS) is 20.3. The molecule has 1 aliphatic carbocycles. The Kier molecular flexibility index (Phi) is 4.20. The Bertz CT molecular complexity index is 824. The summed E-state index contributed by atoms with van der Waals surface area (Å²) in [5.74, 6) is 0.480. The van der Waals surface area contributed by atoms with E-state index in [4.69, 9.17) is 0 Å². The third-order valence-corrected chi connectivity index (χ3v) is 6.16. The van der Waals surface area contributed by atoms with Crippen molar-refractivity contribution in [3.63, 3.8) is 0 Å². The summed E-state index contributed by atoms with van der Waals surface area (Å²) in [6.07, 6.45) is 1.85. The monoisotopic (exact) mass is 342 g/mol. The maximum Gasteiger partial charge on any atom is 0.0865 e. The molecule has 1 fully saturated rings. The maximum atomic E-state index is 10.5. The van der Waals surface area contributed by atoms with Gasteiger partial charge in [0.05, 0.1) is 5.60 Å². The van der Waals surface area contributed by atoms with Gasteiger partial charge in [0, 0.05) is 5.41 Å². The van der Waals surface area contributed by atoms with Crippen molar-refractivity contribution in [1.82, 2.24) is 0 Å². The van der Waals surface area contributed by atoms with Crippen molar-refractivity contribution in [2.75, 3.05) is 0 Å². The summed E-state index contributed by atoms with van der Waals surface area (Å²) < 4.78 is 0. The smallest absolute Gasteiger partial charge is 0.0865 e. The highest BCUT2D eigenvalue weighted by Gasteiger charge is 2.56. The lowest BCUT2D eigenvalue weighted by atomic mass is 9.83. The van der Waals surface area contributed by atoms with E-state index in [0.29, 0.717) is 12.3 Å². The van der Waals surface area contributed by atoms with Gasteiger partial charge in [-0.2, -0.15) is 0 Å².